The number of rotatable bonds is 12. The number of aliphatic hydroxyl groups is 2. The summed E-state index contributed by atoms with van der Waals surface area (Å²) in [4.78, 5) is 0. The van der Waals surface area contributed by atoms with Crippen molar-refractivity contribution in [2.45, 2.75) is 77.2 Å². The summed E-state index contributed by atoms with van der Waals surface area (Å²) in [5.41, 5.74) is 1.78. The van der Waals surface area contributed by atoms with Gasteiger partial charge in [-0.2, -0.15) is 0 Å². The van der Waals surface area contributed by atoms with Crippen molar-refractivity contribution in [1.82, 2.24) is 0 Å². The predicted molar refractivity (Wildman–Crippen MR) is 136 cm³/mol. The van der Waals surface area contributed by atoms with E-state index >= 15 is 0 Å². The van der Waals surface area contributed by atoms with E-state index in [1.165, 1.54) is 0 Å². The van der Waals surface area contributed by atoms with Crippen LogP contribution in [0.15, 0.2) is 54.6 Å². The summed E-state index contributed by atoms with van der Waals surface area (Å²) >= 11 is 0. The van der Waals surface area contributed by atoms with E-state index in [4.69, 9.17) is 13.9 Å². The second-order valence-electron chi connectivity index (χ2n) is 10.3. The molecule has 6 heteroatoms. The molecule has 0 saturated heterocycles. The van der Waals surface area contributed by atoms with Crippen molar-refractivity contribution < 1.29 is 24.1 Å². The van der Waals surface area contributed by atoms with Gasteiger partial charge in [-0.3, -0.25) is 0 Å². The van der Waals surface area contributed by atoms with Crippen LogP contribution in [0.25, 0.3) is 0 Å². The summed E-state index contributed by atoms with van der Waals surface area (Å²) in [7, 11) is -0.436. The molecule has 0 saturated carbocycles. The van der Waals surface area contributed by atoms with E-state index in [1.54, 1.807) is 7.11 Å². The zero-order valence-electron chi connectivity index (χ0n) is 21.2. The third-order valence-corrected chi connectivity index (χ3v) is 11.3. The minimum absolute atomic E-state index is 0.0396. The normalized spacial score (nSPS) is 16.2. The molecule has 0 heterocycles. The Morgan fingerprint density at radius 3 is 2.09 bits per heavy atom. The van der Waals surface area contributed by atoms with Crippen LogP contribution in [-0.4, -0.2) is 44.5 Å². The Kier molecular flexibility index (Phi) is 10.1. The lowest BCUT2D eigenvalue weighted by molar-refractivity contribution is -0.0565. The monoisotopic (exact) mass is 474 g/mol. The van der Waals surface area contributed by atoms with Gasteiger partial charge >= 0.3 is 0 Å². The Morgan fingerprint density at radius 2 is 1.55 bits per heavy atom. The van der Waals surface area contributed by atoms with Gasteiger partial charge in [-0.25, -0.2) is 0 Å². The summed E-state index contributed by atoms with van der Waals surface area (Å²) in [5.74, 6) is 0.556. The molecule has 4 atom stereocenters. The van der Waals surface area contributed by atoms with Crippen molar-refractivity contribution in [1.29, 1.82) is 0 Å². The van der Waals surface area contributed by atoms with Crippen LogP contribution in [0.5, 0.6) is 5.75 Å². The molecule has 0 fully saturated rings. The molecule has 0 unspecified atom stereocenters. The fraction of sp³-hybridized carbons (Fsp3) is 0.556. The van der Waals surface area contributed by atoms with Crippen molar-refractivity contribution >= 4 is 8.32 Å². The molecule has 0 aromatic heterocycles. The number of aliphatic hydroxyl groups excluding tert-OH is 2. The molecule has 0 aliphatic rings. The van der Waals surface area contributed by atoms with Gasteiger partial charge in [0.1, 0.15) is 11.9 Å². The highest BCUT2D eigenvalue weighted by Crippen LogP contribution is 2.39. The minimum Gasteiger partial charge on any atom is -0.497 e. The first-order valence-corrected chi connectivity index (χ1v) is 14.7. The summed E-state index contributed by atoms with van der Waals surface area (Å²) < 4.78 is 17.9. The van der Waals surface area contributed by atoms with Gasteiger partial charge in [-0.05, 0) is 47.8 Å². The molecule has 0 radical (unpaired) electrons. The summed E-state index contributed by atoms with van der Waals surface area (Å²) in [6.07, 6.45) is -1.49. The highest BCUT2D eigenvalue weighted by atomic mass is 28.4. The van der Waals surface area contributed by atoms with Crippen molar-refractivity contribution in [3.8, 4) is 5.75 Å². The zero-order valence-corrected chi connectivity index (χ0v) is 22.2. The third kappa shape index (κ3) is 7.93. The zero-order chi connectivity index (χ0) is 24.6. The Hall–Kier alpha value is -1.70. The molecule has 2 rings (SSSR count). The Morgan fingerprint density at radius 1 is 0.939 bits per heavy atom. The molecule has 0 bridgehead atoms. The van der Waals surface area contributed by atoms with Gasteiger partial charge in [-0.15, -0.1) is 0 Å². The van der Waals surface area contributed by atoms with Gasteiger partial charge in [0.2, 0.25) is 0 Å². The highest BCUT2D eigenvalue weighted by molar-refractivity contribution is 6.74. The van der Waals surface area contributed by atoms with E-state index in [0.717, 1.165) is 11.3 Å². The van der Waals surface area contributed by atoms with Crippen LogP contribution in [0.2, 0.25) is 18.1 Å². The number of methoxy groups -OCH3 is 1. The molecule has 2 aromatic rings. The molecule has 2 N–H and O–H groups in total. The van der Waals surface area contributed by atoms with Gasteiger partial charge in [-0.1, -0.05) is 70.2 Å². The van der Waals surface area contributed by atoms with Crippen molar-refractivity contribution in [3.05, 3.63) is 65.7 Å². The first-order chi connectivity index (χ1) is 15.5. The van der Waals surface area contributed by atoms with Gasteiger partial charge in [0.15, 0.2) is 8.32 Å². The summed E-state index contributed by atoms with van der Waals surface area (Å²) in [6.45, 7) is 14.0. The molecule has 0 amide bonds. The maximum Gasteiger partial charge on any atom is 0.192 e. The molecule has 184 valence electrons. The first-order valence-electron chi connectivity index (χ1n) is 11.8. The Bertz CT molecular complexity index is 817. The SMILES string of the molecule is COc1ccc(COCC[C@H](O[Si](C)(C)C(C)(C)C)[C@H](C)[C@@H](O)[C@H](O)c2ccccc2)cc1. The number of hydrogen-bond donors (Lipinski definition) is 2. The van der Waals surface area contributed by atoms with E-state index in [1.807, 2.05) is 61.5 Å². The van der Waals surface area contributed by atoms with Crippen LogP contribution in [0, 0.1) is 5.92 Å². The summed E-state index contributed by atoms with van der Waals surface area (Å²) in [6, 6.07) is 17.1. The van der Waals surface area contributed by atoms with Crippen molar-refractivity contribution in [2.24, 2.45) is 5.92 Å². The third-order valence-electron chi connectivity index (χ3n) is 6.82. The fourth-order valence-electron chi connectivity index (χ4n) is 3.45. The average molecular weight is 475 g/mol. The second-order valence-corrected chi connectivity index (χ2v) is 15.1. The lowest BCUT2D eigenvalue weighted by Gasteiger charge is -2.42. The van der Waals surface area contributed by atoms with Crippen LogP contribution in [0.3, 0.4) is 0 Å². The topological polar surface area (TPSA) is 68.2 Å². The molecule has 0 aliphatic carbocycles. The first kappa shape index (κ1) is 27.5. The van der Waals surface area contributed by atoms with Gasteiger partial charge in [0.05, 0.1) is 25.9 Å². The highest BCUT2D eigenvalue weighted by Gasteiger charge is 2.41. The maximum atomic E-state index is 11.0. The van der Waals surface area contributed by atoms with Gasteiger partial charge in [0.25, 0.3) is 0 Å². The van der Waals surface area contributed by atoms with E-state index in [9.17, 15) is 10.2 Å². The largest absolute Gasteiger partial charge is 0.497 e. The quantitative estimate of drug-likeness (QED) is 0.304. The van der Waals surface area contributed by atoms with Crippen LogP contribution in [-0.2, 0) is 15.8 Å². The second kappa shape index (κ2) is 12.1. The average Bonchev–Trinajstić information content (AvgIpc) is 2.79. The van der Waals surface area contributed by atoms with E-state index in [-0.39, 0.29) is 17.1 Å². The maximum absolute atomic E-state index is 11.0. The number of ether oxygens (including phenoxy) is 2. The van der Waals surface area contributed by atoms with E-state index in [2.05, 4.69) is 33.9 Å². The molecular formula is C27H42O5Si. The molecule has 33 heavy (non-hydrogen) atoms. The van der Waals surface area contributed by atoms with Gasteiger partial charge in [0, 0.05) is 12.5 Å². The van der Waals surface area contributed by atoms with Crippen LogP contribution in [0.1, 0.15) is 51.3 Å². The lowest BCUT2D eigenvalue weighted by atomic mass is 9.89. The van der Waals surface area contributed by atoms with E-state index < -0.39 is 20.5 Å². The van der Waals surface area contributed by atoms with Gasteiger partial charge < -0.3 is 24.1 Å². The Labute approximate surface area is 200 Å². The summed E-state index contributed by atoms with van der Waals surface area (Å²) in [5, 5.41) is 21.9. The van der Waals surface area contributed by atoms with Crippen molar-refractivity contribution in [2.75, 3.05) is 13.7 Å². The molecular weight excluding hydrogens is 432 g/mol. The Balaban J connectivity index is 2.06. The predicted octanol–water partition coefficient (Wildman–Crippen LogP) is 5.72. The molecule has 0 spiro atoms. The van der Waals surface area contributed by atoms with Crippen molar-refractivity contribution in [3.63, 3.8) is 0 Å². The standard InChI is InChI=1S/C27H42O5Si/c1-20(25(28)26(29)22-11-9-8-10-12-22)24(32-33(6,7)27(2,3)4)17-18-31-19-21-13-15-23(30-5)16-14-21/h8-16,20,24-26,28-29H,17-19H2,1-7H3/t20-,24-,25+,26+/m0/s1. The lowest BCUT2D eigenvalue weighted by Crippen LogP contribution is -2.48. The number of benzene rings is 2. The fourth-order valence-corrected chi connectivity index (χ4v) is 4.89. The van der Waals surface area contributed by atoms with Crippen LogP contribution >= 0.6 is 0 Å². The minimum atomic E-state index is -2.09. The molecule has 0 aliphatic heterocycles. The molecule has 2 aromatic carbocycles. The van der Waals surface area contributed by atoms with Crippen LogP contribution in [0.4, 0.5) is 0 Å². The smallest absolute Gasteiger partial charge is 0.192 e. The molecule has 5 nitrogen and oxygen atoms in total. The van der Waals surface area contributed by atoms with E-state index in [0.29, 0.717) is 25.2 Å². The van der Waals surface area contributed by atoms with Crippen LogP contribution < -0.4 is 4.74 Å². The number of hydrogen-bond acceptors (Lipinski definition) is 5.